The van der Waals surface area contributed by atoms with Gasteiger partial charge in [0.15, 0.2) is 0 Å². The summed E-state index contributed by atoms with van der Waals surface area (Å²) in [5.41, 5.74) is 1.11. The summed E-state index contributed by atoms with van der Waals surface area (Å²) in [4.78, 5) is 12.3. The second kappa shape index (κ2) is 8.64. The van der Waals surface area contributed by atoms with Gasteiger partial charge in [0, 0.05) is 10.6 Å². The van der Waals surface area contributed by atoms with Crippen LogP contribution >= 0.6 is 11.6 Å². The predicted molar refractivity (Wildman–Crippen MR) is 98.3 cm³/mol. The monoisotopic (exact) mass is 397 g/mol. The maximum absolute atomic E-state index is 12.6. The minimum absolute atomic E-state index is 0.0243. The number of hydrogen-bond acceptors (Lipinski definition) is 5. The first-order valence-electron chi connectivity index (χ1n) is 7.94. The predicted octanol–water partition coefficient (Wildman–Crippen LogP) is 2.59. The Labute approximate surface area is 157 Å². The number of hydrogen-bond donors (Lipinski definition) is 2. The van der Waals surface area contributed by atoms with Gasteiger partial charge in [0.25, 0.3) is 0 Å². The number of sulfonamides is 1. The molecule has 0 bridgehead atoms. The number of ether oxygens (including phenoxy) is 1. The molecule has 0 aliphatic carbocycles. The van der Waals surface area contributed by atoms with Crippen LogP contribution in [0.3, 0.4) is 0 Å². The standard InChI is InChI=1S/C18H20ClNO5S/c1-3-25-18(22)16(17(21)14-6-4-5-7-15(14)19)20-26(23,24)13-10-8-12(2)9-11-13/h4-11,16-17,20-21H,3H2,1-2H3/t16-,17-/m0/s1. The van der Waals surface area contributed by atoms with Gasteiger partial charge in [-0.3, -0.25) is 4.79 Å². The maximum atomic E-state index is 12.6. The minimum atomic E-state index is -4.06. The molecule has 2 atom stereocenters. The van der Waals surface area contributed by atoms with Crippen molar-refractivity contribution in [2.45, 2.75) is 30.9 Å². The lowest BCUT2D eigenvalue weighted by Crippen LogP contribution is -2.46. The summed E-state index contributed by atoms with van der Waals surface area (Å²) < 4.78 is 32.4. The van der Waals surface area contributed by atoms with Crippen molar-refractivity contribution in [1.82, 2.24) is 4.72 Å². The lowest BCUT2D eigenvalue weighted by atomic mass is 10.0. The molecule has 2 aromatic carbocycles. The molecule has 0 saturated carbocycles. The molecule has 0 aromatic heterocycles. The SMILES string of the molecule is CCOC(=O)[C@@H](NS(=O)(=O)c1ccc(C)cc1)[C@@H](O)c1ccccc1Cl. The van der Waals surface area contributed by atoms with Crippen molar-refractivity contribution in [3.05, 3.63) is 64.7 Å². The average Bonchev–Trinajstić information content (AvgIpc) is 2.60. The molecule has 2 aromatic rings. The van der Waals surface area contributed by atoms with E-state index in [9.17, 15) is 18.3 Å². The van der Waals surface area contributed by atoms with Gasteiger partial charge in [-0.2, -0.15) is 4.72 Å². The van der Waals surface area contributed by atoms with Crippen LogP contribution in [-0.4, -0.2) is 32.1 Å². The zero-order valence-corrected chi connectivity index (χ0v) is 15.9. The minimum Gasteiger partial charge on any atom is -0.465 e. The first kappa shape index (κ1) is 20.4. The van der Waals surface area contributed by atoms with Gasteiger partial charge in [-0.25, -0.2) is 8.42 Å². The zero-order chi connectivity index (χ0) is 19.3. The number of carbonyl (C=O) groups is 1. The van der Waals surface area contributed by atoms with E-state index in [1.54, 1.807) is 31.2 Å². The van der Waals surface area contributed by atoms with Crippen molar-refractivity contribution in [2.24, 2.45) is 0 Å². The Hall–Kier alpha value is -1.93. The number of esters is 1. The Morgan fingerprint density at radius 2 is 1.81 bits per heavy atom. The van der Waals surface area contributed by atoms with Crippen LogP contribution < -0.4 is 4.72 Å². The van der Waals surface area contributed by atoms with E-state index in [1.807, 2.05) is 6.92 Å². The van der Waals surface area contributed by atoms with E-state index in [0.717, 1.165) is 5.56 Å². The Morgan fingerprint density at radius 1 is 1.19 bits per heavy atom. The summed E-state index contributed by atoms with van der Waals surface area (Å²) in [6.45, 7) is 3.45. The first-order chi connectivity index (χ1) is 12.3. The average molecular weight is 398 g/mol. The number of rotatable bonds is 7. The normalized spacial score (nSPS) is 13.8. The highest BCUT2D eigenvalue weighted by molar-refractivity contribution is 7.89. The molecule has 0 aliphatic heterocycles. The van der Waals surface area contributed by atoms with Crippen molar-refractivity contribution < 1.29 is 23.1 Å². The van der Waals surface area contributed by atoms with E-state index in [4.69, 9.17) is 16.3 Å². The summed E-state index contributed by atoms with van der Waals surface area (Å²) in [6, 6.07) is 10.9. The second-order valence-corrected chi connectivity index (χ2v) is 7.75. The highest BCUT2D eigenvalue weighted by Crippen LogP contribution is 2.26. The van der Waals surface area contributed by atoms with Crippen molar-refractivity contribution in [3.63, 3.8) is 0 Å². The van der Waals surface area contributed by atoms with Crippen LogP contribution in [0.4, 0.5) is 0 Å². The summed E-state index contributed by atoms with van der Waals surface area (Å²) in [5.74, 6) is -0.893. The van der Waals surface area contributed by atoms with Crippen molar-refractivity contribution in [2.75, 3.05) is 6.61 Å². The first-order valence-corrected chi connectivity index (χ1v) is 9.80. The lowest BCUT2D eigenvalue weighted by molar-refractivity contribution is -0.148. The summed E-state index contributed by atoms with van der Waals surface area (Å²) in [7, 11) is -4.06. The molecule has 0 aliphatic rings. The molecule has 26 heavy (non-hydrogen) atoms. The third kappa shape index (κ3) is 4.82. The van der Waals surface area contributed by atoms with Gasteiger partial charge in [-0.1, -0.05) is 47.5 Å². The summed E-state index contributed by atoms with van der Waals surface area (Å²) >= 11 is 6.06. The van der Waals surface area contributed by atoms with Crippen LogP contribution in [0.2, 0.25) is 5.02 Å². The van der Waals surface area contributed by atoms with Gasteiger partial charge >= 0.3 is 5.97 Å². The van der Waals surface area contributed by atoms with E-state index in [1.165, 1.54) is 24.3 Å². The number of aliphatic hydroxyl groups excluding tert-OH is 1. The van der Waals surface area contributed by atoms with Gasteiger partial charge in [-0.15, -0.1) is 0 Å². The maximum Gasteiger partial charge on any atom is 0.327 e. The van der Waals surface area contributed by atoms with Gasteiger partial charge < -0.3 is 9.84 Å². The van der Waals surface area contributed by atoms with Gasteiger partial charge in [0.1, 0.15) is 12.1 Å². The largest absolute Gasteiger partial charge is 0.465 e. The van der Waals surface area contributed by atoms with E-state index >= 15 is 0 Å². The van der Waals surface area contributed by atoms with Gasteiger partial charge in [-0.05, 0) is 32.0 Å². The number of aryl methyl sites for hydroxylation is 1. The highest BCUT2D eigenvalue weighted by atomic mass is 35.5. The molecule has 0 amide bonds. The molecule has 0 unspecified atom stereocenters. The fourth-order valence-corrected chi connectivity index (χ4v) is 3.76. The van der Waals surface area contributed by atoms with Crippen LogP contribution in [0, 0.1) is 6.92 Å². The molecule has 140 valence electrons. The third-order valence-corrected chi connectivity index (χ3v) is 5.49. The van der Waals surface area contributed by atoms with Crippen LogP contribution in [0.1, 0.15) is 24.2 Å². The molecule has 0 fully saturated rings. The molecule has 6 nitrogen and oxygen atoms in total. The number of halogens is 1. The highest BCUT2D eigenvalue weighted by Gasteiger charge is 2.34. The molecule has 2 N–H and O–H groups in total. The number of carbonyl (C=O) groups excluding carboxylic acids is 1. The quantitative estimate of drug-likeness (QED) is 0.700. The molecule has 8 heteroatoms. The molecule has 0 saturated heterocycles. The molecule has 0 radical (unpaired) electrons. The van der Waals surface area contributed by atoms with Crippen molar-refractivity contribution in [1.29, 1.82) is 0 Å². The molecular weight excluding hydrogens is 378 g/mol. The number of aliphatic hydroxyl groups is 1. The van der Waals surface area contributed by atoms with Gasteiger partial charge in [0.2, 0.25) is 10.0 Å². The lowest BCUT2D eigenvalue weighted by Gasteiger charge is -2.23. The Bertz CT molecular complexity index is 867. The topological polar surface area (TPSA) is 92.7 Å². The van der Waals surface area contributed by atoms with Crippen LogP contribution in [-0.2, 0) is 19.6 Å². The fraction of sp³-hybridized carbons (Fsp3) is 0.278. The van der Waals surface area contributed by atoms with E-state index < -0.39 is 28.1 Å². The molecular formula is C18H20ClNO5S. The third-order valence-electron chi connectivity index (χ3n) is 3.69. The number of benzene rings is 2. The van der Waals surface area contributed by atoms with Crippen molar-refractivity contribution >= 4 is 27.6 Å². The van der Waals surface area contributed by atoms with E-state index in [2.05, 4.69) is 4.72 Å². The molecule has 2 rings (SSSR count). The zero-order valence-electron chi connectivity index (χ0n) is 14.3. The summed E-state index contributed by atoms with van der Waals surface area (Å²) in [6.07, 6.45) is -1.51. The van der Waals surface area contributed by atoms with Crippen LogP contribution in [0.15, 0.2) is 53.4 Å². The fourth-order valence-electron chi connectivity index (χ4n) is 2.32. The molecule has 0 spiro atoms. The van der Waals surface area contributed by atoms with E-state index in [-0.39, 0.29) is 22.1 Å². The van der Waals surface area contributed by atoms with Gasteiger partial charge in [0.05, 0.1) is 11.5 Å². The Morgan fingerprint density at radius 3 is 2.38 bits per heavy atom. The second-order valence-electron chi connectivity index (χ2n) is 5.63. The molecule has 0 heterocycles. The van der Waals surface area contributed by atoms with Crippen LogP contribution in [0.5, 0.6) is 0 Å². The van der Waals surface area contributed by atoms with Crippen molar-refractivity contribution in [3.8, 4) is 0 Å². The van der Waals surface area contributed by atoms with E-state index in [0.29, 0.717) is 0 Å². The summed E-state index contributed by atoms with van der Waals surface area (Å²) in [5, 5.41) is 10.8. The Kier molecular flexibility index (Phi) is 6.77. The smallest absolute Gasteiger partial charge is 0.327 e. The number of nitrogens with one attached hydrogen (secondary N) is 1. The Balaban J connectivity index is 2.37. The van der Waals surface area contributed by atoms with Crippen LogP contribution in [0.25, 0.3) is 0 Å².